The number of aromatic nitrogens is 1. The van der Waals surface area contributed by atoms with Gasteiger partial charge in [-0.15, -0.1) is 11.8 Å². The molecule has 2 N–H and O–H groups in total. The molecule has 1 saturated carbocycles. The van der Waals surface area contributed by atoms with Gasteiger partial charge in [0, 0.05) is 18.2 Å². The van der Waals surface area contributed by atoms with E-state index >= 15 is 0 Å². The third-order valence-electron chi connectivity index (χ3n) is 5.68. The number of hydrogen-bond acceptors (Lipinski definition) is 3. The maximum Gasteiger partial charge on any atom is 0.275 e. The van der Waals surface area contributed by atoms with Gasteiger partial charge in [-0.1, -0.05) is 42.5 Å². The number of rotatable bonds is 3. The first-order valence-electron chi connectivity index (χ1n) is 9.31. The van der Waals surface area contributed by atoms with Crippen molar-refractivity contribution >= 4 is 28.2 Å². The molecule has 3 nitrogen and oxygen atoms in total. The highest BCUT2D eigenvalue weighted by molar-refractivity contribution is 7.99. The first kappa shape index (κ1) is 16.0. The molecule has 0 saturated heterocycles. The molecule has 1 aliphatic carbocycles. The van der Waals surface area contributed by atoms with Gasteiger partial charge in [-0.2, -0.15) is 0 Å². The van der Waals surface area contributed by atoms with Crippen LogP contribution >= 0.6 is 11.8 Å². The number of nitrogen functional groups attached to an aromatic ring is 1. The molecule has 0 amide bonds. The summed E-state index contributed by atoms with van der Waals surface area (Å²) in [5.41, 5.74) is 10.6. The average molecular weight is 362 g/mol. The molecule has 2 aliphatic rings. The van der Waals surface area contributed by atoms with Gasteiger partial charge in [0.15, 0.2) is 0 Å². The fraction of sp³-hybridized carbons (Fsp3) is 0.318. The minimum Gasteiger partial charge on any atom is -0.394 e. The van der Waals surface area contributed by atoms with Crippen molar-refractivity contribution in [2.24, 2.45) is 0 Å². The van der Waals surface area contributed by atoms with E-state index in [-0.39, 0.29) is 11.6 Å². The Labute approximate surface area is 157 Å². The lowest BCUT2D eigenvalue weighted by Crippen LogP contribution is -2.27. The van der Waals surface area contributed by atoms with Crippen LogP contribution in [0.15, 0.2) is 52.3 Å². The van der Waals surface area contributed by atoms with E-state index in [1.807, 2.05) is 16.3 Å². The second-order valence-corrected chi connectivity index (χ2v) is 8.54. The Bertz CT molecular complexity index is 1080. The topological polar surface area (TPSA) is 48.0 Å². The Balaban J connectivity index is 1.72. The van der Waals surface area contributed by atoms with Gasteiger partial charge >= 0.3 is 0 Å². The standard InChI is InChI=1S/C22H22N2OS/c1-13-12-26-22-19(15-9-10-15)18(20(23)21(25)24(13)22)11-16-7-4-6-14-5-2-3-8-17(14)16/h2-8,13,15H,9-12,23H2,1H3. The van der Waals surface area contributed by atoms with Crippen LogP contribution in [0.5, 0.6) is 0 Å². The van der Waals surface area contributed by atoms with Crippen LogP contribution in [0.3, 0.4) is 0 Å². The highest BCUT2D eigenvalue weighted by Crippen LogP contribution is 2.49. The van der Waals surface area contributed by atoms with Crippen LogP contribution in [-0.2, 0) is 6.42 Å². The number of benzene rings is 2. The maximum atomic E-state index is 13.0. The molecule has 0 bridgehead atoms. The molecule has 132 valence electrons. The Morgan fingerprint density at radius 2 is 1.92 bits per heavy atom. The molecule has 26 heavy (non-hydrogen) atoms. The number of nitrogens with zero attached hydrogens (tertiary/aromatic N) is 1. The second-order valence-electron chi connectivity index (χ2n) is 7.54. The quantitative estimate of drug-likeness (QED) is 0.733. The number of hydrogen-bond donors (Lipinski definition) is 1. The zero-order valence-corrected chi connectivity index (χ0v) is 15.7. The van der Waals surface area contributed by atoms with E-state index in [2.05, 4.69) is 49.4 Å². The summed E-state index contributed by atoms with van der Waals surface area (Å²) in [6.07, 6.45) is 3.15. The predicted octanol–water partition coefficient (Wildman–Crippen LogP) is 4.72. The molecule has 4 heteroatoms. The fourth-order valence-electron chi connectivity index (χ4n) is 4.20. The Morgan fingerprint density at radius 3 is 2.73 bits per heavy atom. The average Bonchev–Trinajstić information content (AvgIpc) is 3.42. The molecule has 1 unspecified atom stereocenters. The third-order valence-corrected chi connectivity index (χ3v) is 7.02. The molecule has 1 aromatic heterocycles. The lowest BCUT2D eigenvalue weighted by Gasteiger charge is -2.19. The van der Waals surface area contributed by atoms with Crippen molar-refractivity contribution in [1.29, 1.82) is 0 Å². The van der Waals surface area contributed by atoms with Gasteiger partial charge in [-0.05, 0) is 53.1 Å². The van der Waals surface area contributed by atoms with Crippen LogP contribution in [-0.4, -0.2) is 10.3 Å². The van der Waals surface area contributed by atoms with Gasteiger partial charge in [-0.25, -0.2) is 0 Å². The SMILES string of the molecule is CC1CSc2c(C3CC3)c(Cc3cccc4ccccc34)c(N)c(=O)n21. The zero-order chi connectivity index (χ0) is 17.8. The fourth-order valence-corrected chi connectivity index (χ4v) is 5.59. The number of nitrogens with two attached hydrogens (primary N) is 1. The number of thioether (sulfide) groups is 1. The smallest absolute Gasteiger partial charge is 0.275 e. The van der Waals surface area contributed by atoms with Crippen LogP contribution in [0.1, 0.15) is 48.4 Å². The van der Waals surface area contributed by atoms with Crippen molar-refractivity contribution in [3.63, 3.8) is 0 Å². The van der Waals surface area contributed by atoms with Crippen molar-refractivity contribution in [3.8, 4) is 0 Å². The minimum atomic E-state index is -0.00265. The summed E-state index contributed by atoms with van der Waals surface area (Å²) in [7, 11) is 0. The molecule has 1 aliphatic heterocycles. The van der Waals surface area contributed by atoms with Crippen LogP contribution < -0.4 is 11.3 Å². The Hall–Kier alpha value is -2.20. The normalized spacial score (nSPS) is 19.0. The molecule has 1 fully saturated rings. The lowest BCUT2D eigenvalue weighted by atomic mass is 9.94. The highest BCUT2D eigenvalue weighted by atomic mass is 32.2. The summed E-state index contributed by atoms with van der Waals surface area (Å²) in [5.74, 6) is 1.54. The third kappa shape index (κ3) is 2.39. The first-order chi connectivity index (χ1) is 12.6. The van der Waals surface area contributed by atoms with Crippen molar-refractivity contribution in [2.45, 2.75) is 43.2 Å². The highest BCUT2D eigenvalue weighted by Gasteiger charge is 2.35. The van der Waals surface area contributed by atoms with Crippen LogP contribution in [0.25, 0.3) is 10.8 Å². The van der Waals surface area contributed by atoms with E-state index in [9.17, 15) is 4.79 Å². The molecular weight excluding hydrogens is 340 g/mol. The zero-order valence-electron chi connectivity index (χ0n) is 14.9. The monoisotopic (exact) mass is 362 g/mol. The van der Waals surface area contributed by atoms with Crippen molar-refractivity contribution < 1.29 is 0 Å². The molecule has 1 atom stereocenters. The Morgan fingerprint density at radius 1 is 1.15 bits per heavy atom. The molecule has 3 aromatic rings. The molecule has 2 heterocycles. The number of pyridine rings is 1. The Kier molecular flexibility index (Phi) is 3.64. The van der Waals surface area contributed by atoms with Gasteiger partial charge in [0.2, 0.25) is 0 Å². The van der Waals surface area contributed by atoms with Crippen LogP contribution in [0.4, 0.5) is 5.69 Å². The molecule has 5 rings (SSSR count). The van der Waals surface area contributed by atoms with E-state index in [4.69, 9.17) is 5.73 Å². The van der Waals surface area contributed by atoms with Crippen LogP contribution in [0.2, 0.25) is 0 Å². The summed E-state index contributed by atoms with van der Waals surface area (Å²) < 4.78 is 1.94. The van der Waals surface area contributed by atoms with Crippen LogP contribution in [0, 0.1) is 0 Å². The van der Waals surface area contributed by atoms with E-state index in [0.717, 1.165) is 17.7 Å². The summed E-state index contributed by atoms with van der Waals surface area (Å²) in [6, 6.07) is 15.1. The van der Waals surface area contributed by atoms with E-state index < -0.39 is 0 Å². The van der Waals surface area contributed by atoms with Crippen molar-refractivity contribution in [3.05, 3.63) is 69.5 Å². The lowest BCUT2D eigenvalue weighted by molar-refractivity contribution is 0.556. The first-order valence-corrected chi connectivity index (χ1v) is 10.3. The van der Waals surface area contributed by atoms with Gasteiger partial charge < -0.3 is 5.73 Å². The maximum absolute atomic E-state index is 13.0. The van der Waals surface area contributed by atoms with Gasteiger partial charge in [0.25, 0.3) is 5.56 Å². The van der Waals surface area contributed by atoms with Crippen molar-refractivity contribution in [1.82, 2.24) is 4.57 Å². The molecule has 2 aromatic carbocycles. The van der Waals surface area contributed by atoms with Gasteiger partial charge in [0.05, 0.1) is 5.03 Å². The van der Waals surface area contributed by atoms with Gasteiger partial charge in [0.1, 0.15) is 5.69 Å². The van der Waals surface area contributed by atoms with Crippen molar-refractivity contribution in [2.75, 3.05) is 11.5 Å². The van der Waals surface area contributed by atoms with E-state index in [1.54, 1.807) is 0 Å². The summed E-state index contributed by atoms with van der Waals surface area (Å²) >= 11 is 1.83. The van der Waals surface area contributed by atoms with E-state index in [0.29, 0.717) is 11.6 Å². The van der Waals surface area contributed by atoms with E-state index in [1.165, 1.54) is 39.8 Å². The molecule has 0 radical (unpaired) electrons. The minimum absolute atomic E-state index is 0.00265. The predicted molar refractivity (Wildman–Crippen MR) is 109 cm³/mol. The summed E-state index contributed by atoms with van der Waals surface area (Å²) in [4.78, 5) is 13.0. The number of fused-ring (bicyclic) bond motifs is 2. The molecule has 0 spiro atoms. The van der Waals surface area contributed by atoms with Gasteiger partial charge in [-0.3, -0.25) is 9.36 Å². The molecular formula is C22H22N2OS. The summed E-state index contributed by atoms with van der Waals surface area (Å²) in [6.45, 7) is 2.12. The number of anilines is 1. The second kappa shape index (κ2) is 5.92. The largest absolute Gasteiger partial charge is 0.394 e. The summed E-state index contributed by atoms with van der Waals surface area (Å²) in [5, 5.41) is 3.66.